The van der Waals surface area contributed by atoms with Gasteiger partial charge in [-0.2, -0.15) is 9.97 Å². The average Bonchev–Trinajstić information content (AvgIpc) is 3.24. The third-order valence-corrected chi connectivity index (χ3v) is 6.35. The molecule has 0 spiro atoms. The van der Waals surface area contributed by atoms with Crippen molar-refractivity contribution in [1.29, 1.82) is 0 Å². The highest BCUT2D eigenvalue weighted by molar-refractivity contribution is 5.86. The van der Waals surface area contributed by atoms with Crippen molar-refractivity contribution >= 4 is 22.6 Å². The molecule has 3 N–H and O–H groups in total. The number of imidazole rings is 1. The third kappa shape index (κ3) is 5.83. The highest BCUT2D eigenvalue weighted by atomic mass is 19.1. The number of halogens is 1. The molecule has 2 aliphatic heterocycles. The fourth-order valence-corrected chi connectivity index (χ4v) is 4.56. The molecular weight excluding hydrogens is 475 g/mol. The fraction of sp³-hybridized carbons (Fsp3) is 0.423. The molecule has 0 bridgehead atoms. The zero-order chi connectivity index (χ0) is 25.8. The summed E-state index contributed by atoms with van der Waals surface area (Å²) >= 11 is 0. The number of allylic oxidation sites excluding steroid dienone is 2. The normalized spacial score (nSPS) is 16.6. The molecule has 3 aromatic rings. The van der Waals surface area contributed by atoms with Gasteiger partial charge in [-0.05, 0) is 30.7 Å². The number of hydrogen-bond donors (Lipinski definition) is 2. The van der Waals surface area contributed by atoms with Crippen LogP contribution in [-0.2, 0) is 6.54 Å². The summed E-state index contributed by atoms with van der Waals surface area (Å²) in [6.45, 7) is 8.64. The molecular formula is C26H33FN8O2. The van der Waals surface area contributed by atoms with Gasteiger partial charge in [0.25, 0.3) is 0 Å². The Bertz CT molecular complexity index is 1300. The second kappa shape index (κ2) is 11.1. The SMILES string of the molecule is CCOc1nc(N)c2nc(C3=CN(C)CC(F)=C3)n(Cc3ccc(OCCN4CCNCC4)cc3)c2n1. The molecule has 2 aromatic heterocycles. The first-order valence-corrected chi connectivity index (χ1v) is 12.6. The van der Waals surface area contributed by atoms with E-state index in [4.69, 9.17) is 20.2 Å². The van der Waals surface area contributed by atoms with Gasteiger partial charge in [0.2, 0.25) is 0 Å². The maximum Gasteiger partial charge on any atom is 0.320 e. The van der Waals surface area contributed by atoms with Gasteiger partial charge < -0.3 is 30.0 Å². The minimum atomic E-state index is -0.241. The maximum absolute atomic E-state index is 14.3. The Morgan fingerprint density at radius 3 is 2.59 bits per heavy atom. The first-order valence-electron chi connectivity index (χ1n) is 12.6. The van der Waals surface area contributed by atoms with Crippen molar-refractivity contribution in [1.82, 2.24) is 34.6 Å². The molecule has 5 rings (SSSR count). The van der Waals surface area contributed by atoms with E-state index in [9.17, 15) is 4.39 Å². The van der Waals surface area contributed by atoms with Crippen LogP contribution < -0.4 is 20.5 Å². The smallest absolute Gasteiger partial charge is 0.320 e. The van der Waals surface area contributed by atoms with Crippen LogP contribution in [-0.4, -0.2) is 88.8 Å². The zero-order valence-corrected chi connectivity index (χ0v) is 21.3. The van der Waals surface area contributed by atoms with Crippen molar-refractivity contribution in [2.75, 3.05) is 65.3 Å². The molecule has 0 amide bonds. The Balaban J connectivity index is 1.40. The highest BCUT2D eigenvalue weighted by Gasteiger charge is 2.22. The van der Waals surface area contributed by atoms with Crippen molar-refractivity contribution in [3.05, 3.63) is 53.8 Å². The van der Waals surface area contributed by atoms with Crippen molar-refractivity contribution in [3.63, 3.8) is 0 Å². The van der Waals surface area contributed by atoms with Crippen LogP contribution in [0.2, 0.25) is 0 Å². The number of nitrogens with two attached hydrogens (primary N) is 1. The van der Waals surface area contributed by atoms with E-state index in [0.29, 0.717) is 42.3 Å². The number of rotatable bonds is 9. The van der Waals surface area contributed by atoms with E-state index in [0.717, 1.165) is 44.0 Å². The lowest BCUT2D eigenvalue weighted by atomic mass is 10.1. The molecule has 1 aromatic carbocycles. The lowest BCUT2D eigenvalue weighted by Gasteiger charge is -2.26. The van der Waals surface area contributed by atoms with Crippen LogP contribution in [0.5, 0.6) is 11.8 Å². The Morgan fingerprint density at radius 1 is 1.08 bits per heavy atom. The van der Waals surface area contributed by atoms with E-state index in [-0.39, 0.29) is 24.2 Å². The molecule has 37 heavy (non-hydrogen) atoms. The molecule has 1 fully saturated rings. The number of nitrogens with zero attached hydrogens (tertiary/aromatic N) is 6. The van der Waals surface area contributed by atoms with Crippen molar-refractivity contribution in [3.8, 4) is 11.8 Å². The summed E-state index contributed by atoms with van der Waals surface area (Å²) in [7, 11) is 1.82. The Kier molecular flexibility index (Phi) is 7.52. The largest absolute Gasteiger partial charge is 0.492 e. The molecule has 196 valence electrons. The van der Waals surface area contributed by atoms with Crippen LogP contribution in [0.25, 0.3) is 16.7 Å². The van der Waals surface area contributed by atoms with Crippen LogP contribution in [0.15, 0.2) is 42.4 Å². The monoisotopic (exact) mass is 508 g/mol. The molecule has 0 unspecified atom stereocenters. The fourth-order valence-electron chi connectivity index (χ4n) is 4.56. The minimum absolute atomic E-state index is 0.185. The molecule has 1 saturated heterocycles. The van der Waals surface area contributed by atoms with Gasteiger partial charge in [0, 0.05) is 51.5 Å². The number of anilines is 1. The summed E-state index contributed by atoms with van der Waals surface area (Å²) in [5.41, 5.74) is 8.85. The predicted octanol–water partition coefficient (Wildman–Crippen LogP) is 2.28. The molecule has 0 radical (unpaired) electrons. The van der Waals surface area contributed by atoms with Crippen LogP contribution in [0.4, 0.5) is 10.2 Å². The van der Waals surface area contributed by atoms with Gasteiger partial charge in [-0.15, -0.1) is 0 Å². The Morgan fingerprint density at radius 2 is 1.86 bits per heavy atom. The van der Waals surface area contributed by atoms with E-state index in [2.05, 4.69) is 20.2 Å². The van der Waals surface area contributed by atoms with E-state index >= 15 is 0 Å². The van der Waals surface area contributed by atoms with Gasteiger partial charge in [0.05, 0.1) is 19.7 Å². The Labute approximate surface area is 215 Å². The molecule has 11 heteroatoms. The predicted molar refractivity (Wildman–Crippen MR) is 141 cm³/mol. The molecule has 10 nitrogen and oxygen atoms in total. The number of aromatic nitrogens is 4. The second-order valence-corrected chi connectivity index (χ2v) is 9.19. The second-order valence-electron chi connectivity index (χ2n) is 9.19. The summed E-state index contributed by atoms with van der Waals surface area (Å²) in [6, 6.07) is 8.15. The molecule has 0 aliphatic carbocycles. The lowest BCUT2D eigenvalue weighted by molar-refractivity contribution is 0.191. The average molecular weight is 509 g/mol. The summed E-state index contributed by atoms with van der Waals surface area (Å²) in [4.78, 5) is 17.7. The number of hydrogen-bond acceptors (Lipinski definition) is 9. The number of benzene rings is 1. The van der Waals surface area contributed by atoms with E-state index < -0.39 is 0 Å². The minimum Gasteiger partial charge on any atom is -0.492 e. The standard InChI is InChI=1S/C26H33FN8O2/c1-3-36-26-31-23(28)22-25(32-26)35(24(30-22)19-14-20(27)17-33(2)16-19)15-18-4-6-21(7-5-18)37-13-12-34-10-8-29-9-11-34/h4-7,14,16,29H,3,8-13,15,17H2,1-2H3,(H2,28,31,32). The van der Waals surface area contributed by atoms with Gasteiger partial charge in [0.15, 0.2) is 17.0 Å². The quantitative estimate of drug-likeness (QED) is 0.450. The first-order chi connectivity index (χ1) is 18.0. The van der Waals surface area contributed by atoms with E-state index in [1.807, 2.05) is 49.0 Å². The topological polar surface area (TPSA) is 107 Å². The van der Waals surface area contributed by atoms with Crippen LogP contribution in [0, 0.1) is 0 Å². The van der Waals surface area contributed by atoms with Crippen LogP contribution >= 0.6 is 0 Å². The van der Waals surface area contributed by atoms with E-state index in [1.54, 1.807) is 4.90 Å². The van der Waals surface area contributed by atoms with E-state index in [1.165, 1.54) is 6.08 Å². The van der Waals surface area contributed by atoms with Crippen molar-refractivity contribution in [2.24, 2.45) is 0 Å². The summed E-state index contributed by atoms with van der Waals surface area (Å²) in [5.74, 6) is 1.36. The molecule has 4 heterocycles. The number of likely N-dealkylation sites (N-methyl/N-ethyl adjacent to an activating group) is 1. The first kappa shape index (κ1) is 25.0. The Hall–Kier alpha value is -3.70. The summed E-state index contributed by atoms with van der Waals surface area (Å²) in [6.07, 6.45) is 3.36. The molecule has 0 atom stereocenters. The van der Waals surface area contributed by atoms with Gasteiger partial charge in [-0.3, -0.25) is 4.90 Å². The number of nitrogens with one attached hydrogen (secondary N) is 1. The maximum atomic E-state index is 14.3. The van der Waals surface area contributed by atoms with Gasteiger partial charge in [-0.25, -0.2) is 9.37 Å². The molecule has 0 saturated carbocycles. The molecule has 2 aliphatic rings. The third-order valence-electron chi connectivity index (χ3n) is 6.35. The van der Waals surface area contributed by atoms with Gasteiger partial charge in [-0.1, -0.05) is 12.1 Å². The van der Waals surface area contributed by atoms with Crippen LogP contribution in [0.1, 0.15) is 18.3 Å². The lowest BCUT2D eigenvalue weighted by Crippen LogP contribution is -2.44. The van der Waals surface area contributed by atoms with Crippen LogP contribution in [0.3, 0.4) is 0 Å². The number of ether oxygens (including phenoxy) is 2. The van der Waals surface area contributed by atoms with Crippen molar-refractivity contribution < 1.29 is 13.9 Å². The number of fused-ring (bicyclic) bond motifs is 1. The van der Waals surface area contributed by atoms with Crippen molar-refractivity contribution in [2.45, 2.75) is 13.5 Å². The summed E-state index contributed by atoms with van der Waals surface area (Å²) in [5, 5.41) is 3.36. The number of nitrogen functional groups attached to an aromatic ring is 1. The highest BCUT2D eigenvalue weighted by Crippen LogP contribution is 2.29. The van der Waals surface area contributed by atoms with Gasteiger partial charge >= 0.3 is 6.01 Å². The van der Waals surface area contributed by atoms with Gasteiger partial charge in [0.1, 0.15) is 24.0 Å². The number of piperazine rings is 1. The zero-order valence-electron chi connectivity index (χ0n) is 21.3. The summed E-state index contributed by atoms with van der Waals surface area (Å²) < 4.78 is 27.8.